The van der Waals surface area contributed by atoms with Gasteiger partial charge in [0.2, 0.25) is 10.0 Å². The van der Waals surface area contributed by atoms with Gasteiger partial charge in [0.1, 0.15) is 4.90 Å². The van der Waals surface area contributed by atoms with Crippen LogP contribution in [0.3, 0.4) is 0 Å². The molecule has 21 heavy (non-hydrogen) atoms. The molecule has 2 aromatic rings. The van der Waals surface area contributed by atoms with E-state index < -0.39 is 10.0 Å². The van der Waals surface area contributed by atoms with E-state index in [0.717, 1.165) is 9.75 Å². The highest BCUT2D eigenvalue weighted by Gasteiger charge is 2.27. The van der Waals surface area contributed by atoms with Crippen LogP contribution in [0.25, 0.3) is 0 Å². The molecular weight excluding hydrogens is 392 g/mol. The van der Waals surface area contributed by atoms with Crippen molar-refractivity contribution in [2.45, 2.75) is 30.7 Å². The summed E-state index contributed by atoms with van der Waals surface area (Å²) in [7, 11) is -3.54. The highest BCUT2D eigenvalue weighted by atomic mass is 79.9. The molecule has 0 radical (unpaired) electrons. The Morgan fingerprint density at radius 3 is 2.67 bits per heavy atom. The molecule has 2 aromatic heterocycles. The van der Waals surface area contributed by atoms with Gasteiger partial charge in [0.25, 0.3) is 0 Å². The molecule has 116 valence electrons. The van der Waals surface area contributed by atoms with Crippen LogP contribution >= 0.6 is 38.6 Å². The predicted octanol–water partition coefficient (Wildman–Crippen LogP) is 3.29. The topological polar surface area (TPSA) is 72.2 Å². The fourth-order valence-electron chi connectivity index (χ4n) is 1.79. The standard InChI is InChI=1S/C13H17BrN2O2S3/c1-13(2,11-4-3-5-19-11)8-16-21(17,18)10-6-9(7-15)20-12(10)14/h3-6,16H,7-8,15H2,1-2H3. The highest BCUT2D eigenvalue weighted by molar-refractivity contribution is 9.11. The van der Waals surface area contributed by atoms with Gasteiger partial charge in [0.15, 0.2) is 0 Å². The third-order valence-corrected chi connectivity index (χ3v) is 8.00. The van der Waals surface area contributed by atoms with E-state index in [-0.39, 0.29) is 10.3 Å². The molecule has 3 N–H and O–H groups in total. The van der Waals surface area contributed by atoms with E-state index in [9.17, 15) is 8.42 Å². The largest absolute Gasteiger partial charge is 0.326 e. The fourth-order valence-corrected chi connectivity index (χ4v) is 6.41. The van der Waals surface area contributed by atoms with E-state index in [4.69, 9.17) is 5.73 Å². The Labute approximate surface area is 141 Å². The molecule has 0 aliphatic carbocycles. The molecule has 0 aromatic carbocycles. The van der Waals surface area contributed by atoms with Gasteiger partial charge in [-0.05, 0) is 33.4 Å². The first-order valence-electron chi connectivity index (χ1n) is 6.28. The molecular formula is C13H17BrN2O2S3. The molecule has 8 heteroatoms. The Balaban J connectivity index is 2.16. The van der Waals surface area contributed by atoms with Crippen LogP contribution in [0.2, 0.25) is 0 Å². The lowest BCUT2D eigenvalue weighted by molar-refractivity contribution is 0.509. The molecule has 4 nitrogen and oxygen atoms in total. The molecule has 2 heterocycles. The first-order valence-corrected chi connectivity index (χ1v) is 10.3. The van der Waals surface area contributed by atoms with Gasteiger partial charge in [-0.2, -0.15) is 0 Å². The molecule has 0 atom stereocenters. The second-order valence-electron chi connectivity index (χ2n) is 5.24. The van der Waals surface area contributed by atoms with Crippen molar-refractivity contribution < 1.29 is 8.42 Å². The maximum Gasteiger partial charge on any atom is 0.242 e. The monoisotopic (exact) mass is 408 g/mol. The number of thiophene rings is 2. The van der Waals surface area contributed by atoms with Crippen molar-refractivity contribution in [1.29, 1.82) is 0 Å². The molecule has 0 amide bonds. The van der Waals surface area contributed by atoms with Gasteiger partial charge in [0.05, 0.1) is 3.79 Å². The summed E-state index contributed by atoms with van der Waals surface area (Å²) in [5.41, 5.74) is 5.31. The number of nitrogens with two attached hydrogens (primary N) is 1. The van der Waals surface area contributed by atoms with E-state index in [1.807, 2.05) is 31.4 Å². The quantitative estimate of drug-likeness (QED) is 0.769. The lowest BCUT2D eigenvalue weighted by Gasteiger charge is -2.23. The number of nitrogens with one attached hydrogen (secondary N) is 1. The summed E-state index contributed by atoms with van der Waals surface area (Å²) in [5, 5.41) is 1.99. The van der Waals surface area contributed by atoms with Gasteiger partial charge in [-0.25, -0.2) is 13.1 Å². The summed E-state index contributed by atoms with van der Waals surface area (Å²) in [4.78, 5) is 2.24. The summed E-state index contributed by atoms with van der Waals surface area (Å²) in [6, 6.07) is 5.61. The van der Waals surface area contributed by atoms with Crippen LogP contribution < -0.4 is 10.5 Å². The molecule has 0 fully saturated rings. The van der Waals surface area contributed by atoms with E-state index in [2.05, 4.69) is 20.7 Å². The maximum absolute atomic E-state index is 12.4. The van der Waals surface area contributed by atoms with Crippen molar-refractivity contribution in [3.63, 3.8) is 0 Å². The van der Waals surface area contributed by atoms with Gasteiger partial charge in [-0.1, -0.05) is 19.9 Å². The fraction of sp³-hybridized carbons (Fsp3) is 0.385. The molecule has 2 rings (SSSR count). The zero-order valence-electron chi connectivity index (χ0n) is 11.7. The summed E-state index contributed by atoms with van der Waals surface area (Å²) in [6.45, 7) is 4.72. The number of hydrogen-bond acceptors (Lipinski definition) is 5. The molecule has 0 aliphatic heterocycles. The molecule has 0 unspecified atom stereocenters. The lowest BCUT2D eigenvalue weighted by atomic mass is 9.92. The van der Waals surface area contributed by atoms with Crippen LogP contribution in [0.15, 0.2) is 32.3 Å². The number of sulfonamides is 1. The predicted molar refractivity (Wildman–Crippen MR) is 92.4 cm³/mol. The van der Waals surface area contributed by atoms with E-state index in [1.165, 1.54) is 11.3 Å². The van der Waals surface area contributed by atoms with Gasteiger partial charge in [0, 0.05) is 28.3 Å². The van der Waals surface area contributed by atoms with Gasteiger partial charge < -0.3 is 5.73 Å². The average molecular weight is 409 g/mol. The maximum atomic E-state index is 12.4. The Morgan fingerprint density at radius 2 is 2.14 bits per heavy atom. The number of halogens is 1. The smallest absolute Gasteiger partial charge is 0.242 e. The van der Waals surface area contributed by atoms with Crippen LogP contribution in [0, 0.1) is 0 Å². The van der Waals surface area contributed by atoms with E-state index in [1.54, 1.807) is 17.4 Å². The first-order chi connectivity index (χ1) is 9.76. The molecule has 0 spiro atoms. The van der Waals surface area contributed by atoms with Crippen molar-refractivity contribution in [2.75, 3.05) is 6.54 Å². The Hall–Kier alpha value is -0.250. The van der Waals surface area contributed by atoms with Crippen molar-refractivity contribution in [2.24, 2.45) is 5.73 Å². The second-order valence-corrected chi connectivity index (χ2v) is 10.4. The van der Waals surface area contributed by atoms with E-state index in [0.29, 0.717) is 16.9 Å². The lowest BCUT2D eigenvalue weighted by Crippen LogP contribution is -2.36. The van der Waals surface area contributed by atoms with Crippen LogP contribution in [0.1, 0.15) is 23.6 Å². The minimum atomic E-state index is -3.54. The number of hydrogen-bond donors (Lipinski definition) is 2. The summed E-state index contributed by atoms with van der Waals surface area (Å²) in [6.07, 6.45) is 0. The number of rotatable bonds is 6. The summed E-state index contributed by atoms with van der Waals surface area (Å²) in [5.74, 6) is 0. The van der Waals surface area contributed by atoms with Crippen molar-refractivity contribution in [3.05, 3.63) is 37.1 Å². The third kappa shape index (κ3) is 3.94. The normalized spacial score (nSPS) is 12.8. The molecule has 0 bridgehead atoms. The van der Waals surface area contributed by atoms with Gasteiger partial charge >= 0.3 is 0 Å². The molecule has 0 aliphatic rings. The minimum Gasteiger partial charge on any atom is -0.326 e. The Bertz CT molecular complexity index is 706. The Kier molecular flexibility index (Phi) is 5.27. The molecule has 0 saturated heterocycles. The van der Waals surface area contributed by atoms with E-state index >= 15 is 0 Å². The highest BCUT2D eigenvalue weighted by Crippen LogP contribution is 2.32. The summed E-state index contributed by atoms with van der Waals surface area (Å²) >= 11 is 6.27. The van der Waals surface area contributed by atoms with Crippen LogP contribution in [0.4, 0.5) is 0 Å². The second kappa shape index (κ2) is 6.47. The van der Waals surface area contributed by atoms with Crippen molar-refractivity contribution in [1.82, 2.24) is 4.72 Å². The van der Waals surface area contributed by atoms with Crippen LogP contribution in [0.5, 0.6) is 0 Å². The SMILES string of the molecule is CC(C)(CNS(=O)(=O)c1cc(CN)sc1Br)c1cccs1. The van der Waals surface area contributed by atoms with Gasteiger partial charge in [-0.15, -0.1) is 22.7 Å². The van der Waals surface area contributed by atoms with Crippen LogP contribution in [-0.2, 0) is 22.0 Å². The zero-order valence-corrected chi connectivity index (χ0v) is 15.8. The summed E-state index contributed by atoms with van der Waals surface area (Å²) < 4.78 is 28.1. The molecule has 0 saturated carbocycles. The van der Waals surface area contributed by atoms with Crippen LogP contribution in [-0.4, -0.2) is 15.0 Å². The third-order valence-electron chi connectivity index (χ3n) is 3.09. The van der Waals surface area contributed by atoms with Gasteiger partial charge in [-0.3, -0.25) is 0 Å². The zero-order chi connectivity index (χ0) is 15.7. The van der Waals surface area contributed by atoms with Crippen molar-refractivity contribution >= 4 is 48.6 Å². The first kappa shape index (κ1) is 17.1. The average Bonchev–Trinajstić information content (AvgIpc) is 3.06. The minimum absolute atomic E-state index is 0.250. The van der Waals surface area contributed by atoms with Crippen molar-refractivity contribution in [3.8, 4) is 0 Å². The Morgan fingerprint density at radius 1 is 1.43 bits per heavy atom.